The first-order valence-corrected chi connectivity index (χ1v) is 9.20. The number of hydrogen-bond donors (Lipinski definition) is 2. The number of nitrogens with zero attached hydrogens (tertiary/aromatic N) is 2. The van der Waals surface area contributed by atoms with Gasteiger partial charge in [0.2, 0.25) is 5.75 Å². The standard InChI is InChI=1S/C23H17N3O4/c27-19(14-15-7-6-10-17(13-15)30-16-8-2-1-3-9-16)20-21(28)23(29)26-22(25-20)18-11-4-5-12-24-18/h1-13,28H,14H2,(H,25,26,29). The van der Waals surface area contributed by atoms with Crippen molar-refractivity contribution in [3.63, 3.8) is 0 Å². The van der Waals surface area contributed by atoms with Gasteiger partial charge in [0.1, 0.15) is 17.2 Å². The minimum atomic E-state index is -0.796. The molecule has 2 heterocycles. The number of aromatic amines is 1. The third-order valence-electron chi connectivity index (χ3n) is 4.31. The Labute approximate surface area is 171 Å². The monoisotopic (exact) mass is 399 g/mol. The molecule has 0 aliphatic carbocycles. The van der Waals surface area contributed by atoms with E-state index in [9.17, 15) is 14.7 Å². The second-order valence-electron chi connectivity index (χ2n) is 6.49. The summed E-state index contributed by atoms with van der Waals surface area (Å²) in [7, 11) is 0. The van der Waals surface area contributed by atoms with Crippen LogP contribution in [0, 0.1) is 0 Å². The van der Waals surface area contributed by atoms with Gasteiger partial charge in [0.25, 0.3) is 5.56 Å². The van der Waals surface area contributed by atoms with E-state index in [1.807, 2.05) is 30.3 Å². The Morgan fingerprint density at radius 2 is 1.73 bits per heavy atom. The third-order valence-corrected chi connectivity index (χ3v) is 4.31. The smallest absolute Gasteiger partial charge is 0.294 e. The number of carbonyl (C=O) groups is 1. The van der Waals surface area contributed by atoms with Crippen molar-refractivity contribution in [2.45, 2.75) is 6.42 Å². The summed E-state index contributed by atoms with van der Waals surface area (Å²) in [5.74, 6) is 0.158. The van der Waals surface area contributed by atoms with Gasteiger partial charge >= 0.3 is 0 Å². The Morgan fingerprint density at radius 3 is 2.50 bits per heavy atom. The number of hydrogen-bond acceptors (Lipinski definition) is 6. The highest BCUT2D eigenvalue weighted by Gasteiger charge is 2.19. The Morgan fingerprint density at radius 1 is 0.967 bits per heavy atom. The maximum atomic E-state index is 12.8. The lowest BCUT2D eigenvalue weighted by Crippen LogP contribution is -2.17. The van der Waals surface area contributed by atoms with E-state index >= 15 is 0 Å². The number of benzene rings is 2. The number of ketones is 1. The molecule has 4 rings (SSSR count). The van der Waals surface area contributed by atoms with E-state index in [2.05, 4.69) is 15.0 Å². The van der Waals surface area contributed by atoms with Crippen molar-refractivity contribution in [1.29, 1.82) is 0 Å². The van der Waals surface area contributed by atoms with Gasteiger partial charge in [-0.05, 0) is 42.0 Å². The zero-order valence-corrected chi connectivity index (χ0v) is 15.8. The summed E-state index contributed by atoms with van der Waals surface area (Å²) in [6.07, 6.45) is 1.49. The summed E-state index contributed by atoms with van der Waals surface area (Å²) in [6, 6.07) is 21.4. The molecule has 0 unspecified atom stereocenters. The second kappa shape index (κ2) is 8.40. The molecule has 0 amide bonds. The first-order valence-electron chi connectivity index (χ1n) is 9.20. The largest absolute Gasteiger partial charge is 0.501 e. The molecule has 2 aromatic heterocycles. The van der Waals surface area contributed by atoms with Crippen LogP contribution in [0.15, 0.2) is 83.8 Å². The fraction of sp³-hybridized carbons (Fsp3) is 0.0435. The number of para-hydroxylation sites is 1. The average Bonchev–Trinajstić information content (AvgIpc) is 2.77. The molecule has 0 aliphatic rings. The molecule has 0 fully saturated rings. The number of ether oxygens (including phenoxy) is 1. The van der Waals surface area contributed by atoms with Gasteiger partial charge in [-0.1, -0.05) is 36.4 Å². The summed E-state index contributed by atoms with van der Waals surface area (Å²) < 4.78 is 5.79. The molecule has 0 radical (unpaired) electrons. The molecular formula is C23H17N3O4. The maximum Gasteiger partial charge on any atom is 0.294 e. The van der Waals surface area contributed by atoms with Crippen LogP contribution in [0.25, 0.3) is 11.5 Å². The average molecular weight is 399 g/mol. The van der Waals surface area contributed by atoms with E-state index in [4.69, 9.17) is 4.74 Å². The zero-order valence-electron chi connectivity index (χ0n) is 15.8. The quantitative estimate of drug-likeness (QED) is 0.478. The van der Waals surface area contributed by atoms with E-state index < -0.39 is 17.1 Å². The Kier molecular flexibility index (Phi) is 5.34. The molecular weight excluding hydrogens is 382 g/mol. The van der Waals surface area contributed by atoms with Gasteiger partial charge in [0.15, 0.2) is 17.3 Å². The molecule has 7 heteroatoms. The van der Waals surface area contributed by atoms with Crippen molar-refractivity contribution < 1.29 is 14.6 Å². The van der Waals surface area contributed by atoms with Gasteiger partial charge in [0.05, 0.1) is 0 Å². The molecule has 0 aliphatic heterocycles. The minimum absolute atomic E-state index is 0.0579. The summed E-state index contributed by atoms with van der Waals surface area (Å²) in [4.78, 5) is 35.6. The van der Waals surface area contributed by atoms with Crippen molar-refractivity contribution in [3.05, 3.63) is 101 Å². The maximum absolute atomic E-state index is 12.8. The van der Waals surface area contributed by atoms with Crippen LogP contribution in [0.4, 0.5) is 0 Å². The van der Waals surface area contributed by atoms with Crippen molar-refractivity contribution in [2.24, 2.45) is 0 Å². The summed E-state index contributed by atoms with van der Waals surface area (Å²) in [5, 5.41) is 10.1. The highest BCUT2D eigenvalue weighted by Crippen LogP contribution is 2.23. The fourth-order valence-corrected chi connectivity index (χ4v) is 2.90. The number of rotatable bonds is 6. The molecule has 0 bridgehead atoms. The Hall–Kier alpha value is -4.26. The summed E-state index contributed by atoms with van der Waals surface area (Å²) in [5.41, 5.74) is -0.0415. The molecule has 0 spiro atoms. The first kappa shape index (κ1) is 19.1. The van der Waals surface area contributed by atoms with Crippen molar-refractivity contribution >= 4 is 5.78 Å². The van der Waals surface area contributed by atoms with Crippen LogP contribution < -0.4 is 10.3 Å². The third kappa shape index (κ3) is 4.25. The van der Waals surface area contributed by atoms with Gasteiger partial charge < -0.3 is 14.8 Å². The molecule has 2 N–H and O–H groups in total. The zero-order chi connectivity index (χ0) is 20.9. The first-order chi connectivity index (χ1) is 14.6. The van der Waals surface area contributed by atoms with Crippen LogP contribution in [0.2, 0.25) is 0 Å². The highest BCUT2D eigenvalue weighted by atomic mass is 16.5. The van der Waals surface area contributed by atoms with E-state index in [-0.39, 0.29) is 17.9 Å². The lowest BCUT2D eigenvalue weighted by molar-refractivity contribution is 0.0985. The fourth-order valence-electron chi connectivity index (χ4n) is 2.90. The number of aromatic nitrogens is 3. The van der Waals surface area contributed by atoms with Gasteiger partial charge in [-0.15, -0.1) is 0 Å². The van der Waals surface area contributed by atoms with Gasteiger partial charge in [-0.3, -0.25) is 14.6 Å². The van der Waals surface area contributed by atoms with Crippen LogP contribution in [0.3, 0.4) is 0 Å². The van der Waals surface area contributed by atoms with Gasteiger partial charge in [-0.2, -0.15) is 0 Å². The van der Waals surface area contributed by atoms with Gasteiger partial charge in [0, 0.05) is 12.6 Å². The minimum Gasteiger partial charge on any atom is -0.501 e. The SMILES string of the molecule is O=C(Cc1cccc(Oc2ccccc2)c1)c1nc(-c2ccccn2)[nH]c(=O)c1O. The van der Waals surface area contributed by atoms with E-state index in [1.54, 1.807) is 48.7 Å². The summed E-state index contributed by atoms with van der Waals surface area (Å²) >= 11 is 0. The molecule has 4 aromatic rings. The predicted octanol–water partition coefficient (Wildman–Crippen LogP) is 3.76. The number of nitrogens with one attached hydrogen (secondary N) is 1. The second-order valence-corrected chi connectivity index (χ2v) is 6.49. The van der Waals surface area contributed by atoms with Crippen molar-refractivity contribution in [3.8, 4) is 28.8 Å². The van der Waals surface area contributed by atoms with E-state index in [0.717, 1.165) is 0 Å². The Balaban J connectivity index is 1.59. The molecule has 0 saturated heterocycles. The van der Waals surface area contributed by atoms with Gasteiger partial charge in [-0.25, -0.2) is 4.98 Å². The van der Waals surface area contributed by atoms with Crippen LogP contribution in [-0.4, -0.2) is 25.8 Å². The molecule has 0 atom stereocenters. The topological polar surface area (TPSA) is 105 Å². The number of aromatic hydroxyl groups is 1. The lowest BCUT2D eigenvalue weighted by Gasteiger charge is -2.08. The van der Waals surface area contributed by atoms with Crippen LogP contribution in [0.1, 0.15) is 16.1 Å². The van der Waals surface area contributed by atoms with Crippen LogP contribution >= 0.6 is 0 Å². The van der Waals surface area contributed by atoms with E-state index in [1.165, 1.54) is 0 Å². The normalized spacial score (nSPS) is 10.5. The molecule has 0 saturated carbocycles. The Bertz CT molecular complexity index is 1240. The van der Waals surface area contributed by atoms with Crippen molar-refractivity contribution in [1.82, 2.24) is 15.0 Å². The molecule has 7 nitrogen and oxygen atoms in total. The highest BCUT2D eigenvalue weighted by molar-refractivity contribution is 5.98. The summed E-state index contributed by atoms with van der Waals surface area (Å²) in [6.45, 7) is 0. The number of H-pyrrole nitrogens is 1. The van der Waals surface area contributed by atoms with Crippen LogP contribution in [-0.2, 0) is 6.42 Å². The lowest BCUT2D eigenvalue weighted by atomic mass is 10.1. The van der Waals surface area contributed by atoms with E-state index in [0.29, 0.717) is 22.8 Å². The van der Waals surface area contributed by atoms with Crippen LogP contribution in [0.5, 0.6) is 17.2 Å². The number of Topliss-reactive ketones (excluding diaryl/α,β-unsaturated/α-hetero) is 1. The number of pyridine rings is 1. The predicted molar refractivity (Wildman–Crippen MR) is 111 cm³/mol. The van der Waals surface area contributed by atoms with Crippen molar-refractivity contribution in [2.75, 3.05) is 0 Å². The molecule has 148 valence electrons. The molecule has 30 heavy (non-hydrogen) atoms. The molecule has 2 aromatic carbocycles. The number of carbonyl (C=O) groups excluding carboxylic acids is 1.